The van der Waals surface area contributed by atoms with E-state index in [1.165, 1.54) is 0 Å². The lowest BCUT2D eigenvalue weighted by atomic mass is 9.96. The van der Waals surface area contributed by atoms with E-state index in [-0.39, 0.29) is 18.0 Å². The molecule has 1 aliphatic rings. The monoisotopic (exact) mass is 557 g/mol. The van der Waals surface area contributed by atoms with Gasteiger partial charge in [0.1, 0.15) is 0 Å². The molecule has 1 saturated heterocycles. The molecule has 1 fully saturated rings. The van der Waals surface area contributed by atoms with E-state index in [1.807, 2.05) is 66.7 Å². The molecule has 5 rings (SSSR count). The summed E-state index contributed by atoms with van der Waals surface area (Å²) in [6.45, 7) is 6.79. The van der Waals surface area contributed by atoms with E-state index in [2.05, 4.69) is 51.9 Å². The summed E-state index contributed by atoms with van der Waals surface area (Å²) in [6.07, 6.45) is 2.96. The van der Waals surface area contributed by atoms with Gasteiger partial charge in [-0.05, 0) is 92.1 Å². The average molecular weight is 558 g/mol. The number of benzene rings is 2. The highest BCUT2D eigenvalue weighted by Crippen LogP contribution is 2.41. The first-order valence-corrected chi connectivity index (χ1v) is 14.0. The molecule has 200 valence electrons. The van der Waals surface area contributed by atoms with Crippen molar-refractivity contribution in [2.75, 3.05) is 11.9 Å². The molecule has 6 nitrogen and oxygen atoms in total. The van der Waals surface area contributed by atoms with Crippen LogP contribution in [-0.2, 0) is 11.2 Å². The normalized spacial score (nSPS) is 16.8. The van der Waals surface area contributed by atoms with Gasteiger partial charge < -0.3 is 20.1 Å². The molecule has 2 aromatic heterocycles. The number of nitrogens with one attached hydrogen (secondary N) is 2. The maximum absolute atomic E-state index is 13.0. The first-order valence-electron chi connectivity index (χ1n) is 13.2. The van der Waals surface area contributed by atoms with Gasteiger partial charge in [0, 0.05) is 46.9 Å². The van der Waals surface area contributed by atoms with Crippen LogP contribution in [0.5, 0.6) is 0 Å². The Bertz CT molecular complexity index is 1480. The second-order valence-electron chi connectivity index (χ2n) is 9.77. The average Bonchev–Trinajstić information content (AvgIpc) is 3.43. The van der Waals surface area contributed by atoms with Crippen LogP contribution in [0.2, 0.25) is 5.02 Å². The summed E-state index contributed by atoms with van der Waals surface area (Å²) in [5, 5.41) is 7.91. The number of amides is 1. The van der Waals surface area contributed by atoms with Crippen LogP contribution in [0.4, 0.5) is 5.69 Å². The first kappa shape index (κ1) is 26.9. The van der Waals surface area contributed by atoms with E-state index < -0.39 is 0 Å². The highest BCUT2D eigenvalue weighted by atomic mass is 35.5. The second-order valence-corrected chi connectivity index (χ2v) is 10.6. The smallest absolute Gasteiger partial charge is 0.226 e. The maximum Gasteiger partial charge on any atom is 0.226 e. The van der Waals surface area contributed by atoms with Crippen LogP contribution >= 0.6 is 23.8 Å². The van der Waals surface area contributed by atoms with Gasteiger partial charge in [0.05, 0.1) is 17.8 Å². The Balaban J connectivity index is 1.46. The lowest BCUT2D eigenvalue weighted by molar-refractivity contribution is -0.116. The van der Waals surface area contributed by atoms with Crippen molar-refractivity contribution in [3.8, 4) is 5.69 Å². The van der Waals surface area contributed by atoms with E-state index in [1.54, 1.807) is 6.20 Å². The molecule has 2 unspecified atom stereocenters. The predicted molar refractivity (Wildman–Crippen MR) is 161 cm³/mol. The maximum atomic E-state index is 13.0. The quantitative estimate of drug-likeness (QED) is 0.236. The third-order valence-electron chi connectivity index (χ3n) is 7.32. The zero-order valence-electron chi connectivity index (χ0n) is 22.3. The van der Waals surface area contributed by atoms with Gasteiger partial charge in [-0.1, -0.05) is 42.8 Å². The molecule has 2 N–H and O–H groups in total. The highest BCUT2D eigenvalue weighted by Gasteiger charge is 2.41. The molecule has 2 atom stereocenters. The zero-order valence-corrected chi connectivity index (χ0v) is 23.9. The van der Waals surface area contributed by atoms with Gasteiger partial charge in [-0.25, -0.2) is 0 Å². The number of hydrogen-bond acceptors (Lipinski definition) is 3. The third-order valence-corrected chi connectivity index (χ3v) is 7.93. The molecule has 0 aliphatic carbocycles. The van der Waals surface area contributed by atoms with Crippen LogP contribution < -0.4 is 10.6 Å². The predicted octanol–water partition coefficient (Wildman–Crippen LogP) is 6.71. The molecule has 1 aliphatic heterocycles. The topological polar surface area (TPSA) is 62.2 Å². The number of carbonyl (C=O) groups excluding carboxylic acids is 1. The van der Waals surface area contributed by atoms with Crippen LogP contribution in [0, 0.1) is 13.8 Å². The minimum atomic E-state index is -0.151. The molecular weight excluding hydrogens is 526 g/mol. The number of hydrogen-bond donors (Lipinski definition) is 2. The van der Waals surface area contributed by atoms with Gasteiger partial charge >= 0.3 is 0 Å². The molecule has 1 amide bonds. The molecule has 8 heteroatoms. The van der Waals surface area contributed by atoms with Crippen LogP contribution in [0.1, 0.15) is 53.6 Å². The largest absolute Gasteiger partial charge is 0.352 e. The fraction of sp³-hybridized carbons (Fsp3) is 0.258. The highest BCUT2D eigenvalue weighted by molar-refractivity contribution is 7.80. The summed E-state index contributed by atoms with van der Waals surface area (Å²) < 4.78 is 2.23. The Labute approximate surface area is 240 Å². The summed E-state index contributed by atoms with van der Waals surface area (Å²) in [5.74, 6) is -0.0367. The SMILES string of the molecule is CCc1ccccc1NC(=O)CCN1C(=S)NC(c2ccccn2)C1c1cc(C)n(-c2ccc(Cl)cc2)c1C. The summed E-state index contributed by atoms with van der Waals surface area (Å²) in [4.78, 5) is 19.8. The fourth-order valence-corrected chi connectivity index (χ4v) is 5.90. The molecule has 0 radical (unpaired) electrons. The summed E-state index contributed by atoms with van der Waals surface area (Å²) in [5.41, 5.74) is 7.29. The van der Waals surface area contributed by atoms with E-state index in [9.17, 15) is 4.79 Å². The Morgan fingerprint density at radius 1 is 1.08 bits per heavy atom. The van der Waals surface area contributed by atoms with Crippen LogP contribution in [0.25, 0.3) is 5.69 Å². The van der Waals surface area contributed by atoms with Gasteiger partial charge in [-0.3, -0.25) is 9.78 Å². The van der Waals surface area contributed by atoms with Crippen molar-refractivity contribution in [2.45, 2.75) is 45.7 Å². The molecule has 39 heavy (non-hydrogen) atoms. The summed E-state index contributed by atoms with van der Waals surface area (Å²) in [6, 6.07) is 23.6. The number of rotatable bonds is 8. The van der Waals surface area contributed by atoms with Crippen molar-refractivity contribution in [3.63, 3.8) is 0 Å². The van der Waals surface area contributed by atoms with Gasteiger partial charge in [0.25, 0.3) is 0 Å². The van der Waals surface area contributed by atoms with Crippen molar-refractivity contribution in [3.05, 3.63) is 112 Å². The minimum Gasteiger partial charge on any atom is -0.352 e. The van der Waals surface area contributed by atoms with Crippen molar-refractivity contribution >= 4 is 40.5 Å². The Morgan fingerprint density at radius 3 is 2.54 bits per heavy atom. The van der Waals surface area contributed by atoms with Gasteiger partial charge in [0.2, 0.25) is 5.91 Å². The first-order chi connectivity index (χ1) is 18.9. The summed E-state index contributed by atoms with van der Waals surface area (Å²) in [7, 11) is 0. The van der Waals surface area contributed by atoms with E-state index in [4.69, 9.17) is 23.8 Å². The Hall–Kier alpha value is -3.68. The summed E-state index contributed by atoms with van der Waals surface area (Å²) >= 11 is 12.0. The Kier molecular flexibility index (Phi) is 8.00. The second kappa shape index (κ2) is 11.6. The lowest BCUT2D eigenvalue weighted by Crippen LogP contribution is -2.33. The Morgan fingerprint density at radius 2 is 1.82 bits per heavy atom. The van der Waals surface area contributed by atoms with Gasteiger partial charge in [-0.2, -0.15) is 0 Å². The van der Waals surface area contributed by atoms with Crippen LogP contribution in [-0.4, -0.2) is 32.0 Å². The van der Waals surface area contributed by atoms with Crippen molar-refractivity contribution < 1.29 is 4.79 Å². The zero-order chi connectivity index (χ0) is 27.5. The number of aryl methyl sites for hydroxylation is 2. The van der Waals surface area contributed by atoms with Crippen molar-refractivity contribution in [1.82, 2.24) is 19.8 Å². The van der Waals surface area contributed by atoms with Gasteiger partial charge in [-0.15, -0.1) is 0 Å². The minimum absolute atomic E-state index is 0.0367. The van der Waals surface area contributed by atoms with Crippen LogP contribution in [0.3, 0.4) is 0 Å². The number of halogens is 1. The molecule has 3 heterocycles. The third kappa shape index (κ3) is 5.56. The van der Waals surface area contributed by atoms with Crippen molar-refractivity contribution in [2.24, 2.45) is 0 Å². The number of carbonyl (C=O) groups is 1. The molecule has 0 bridgehead atoms. The van der Waals surface area contributed by atoms with Crippen molar-refractivity contribution in [1.29, 1.82) is 0 Å². The van der Waals surface area contributed by atoms with E-state index >= 15 is 0 Å². The molecule has 4 aromatic rings. The van der Waals surface area contributed by atoms with E-state index in [0.717, 1.165) is 46.0 Å². The molecule has 2 aromatic carbocycles. The molecule has 0 spiro atoms. The van der Waals surface area contributed by atoms with Crippen LogP contribution in [0.15, 0.2) is 79.0 Å². The fourth-order valence-electron chi connectivity index (χ4n) is 5.44. The van der Waals surface area contributed by atoms with Gasteiger partial charge in [0.15, 0.2) is 5.11 Å². The van der Waals surface area contributed by atoms with E-state index in [0.29, 0.717) is 23.1 Å². The number of thiocarbonyl (C=S) groups is 1. The number of anilines is 1. The molecular formula is C31H32ClN5OS. The number of nitrogens with zero attached hydrogens (tertiary/aromatic N) is 3. The standard InChI is InChI=1S/C31H32ClN5OS/c1-4-22-9-5-6-10-26(22)34-28(38)16-18-36-30(29(35-31(36)39)27-11-7-8-17-33-27)25-19-20(2)37(21(25)3)24-14-12-23(32)13-15-24/h5-15,17,19,29-30H,4,16,18H2,1-3H3,(H,34,38)(H,35,39). The number of aromatic nitrogens is 2. The number of pyridine rings is 1. The molecule has 0 saturated carbocycles. The lowest BCUT2D eigenvalue weighted by Gasteiger charge is -2.28. The number of para-hydroxylation sites is 1.